The van der Waals surface area contributed by atoms with Crippen molar-refractivity contribution in [2.24, 2.45) is 0 Å². The number of methoxy groups -OCH3 is 1. The number of phenols is 1. The number of aliphatic hydroxyl groups excluding tert-OH is 1. The van der Waals surface area contributed by atoms with Gasteiger partial charge in [-0.25, -0.2) is 0 Å². The van der Waals surface area contributed by atoms with Crippen LogP contribution in [-0.2, 0) is 0 Å². The second kappa shape index (κ2) is 5.19. The van der Waals surface area contributed by atoms with Gasteiger partial charge in [-0.3, -0.25) is 0 Å². The maximum absolute atomic E-state index is 9.74. The molecule has 1 aromatic rings. The molecule has 15 heavy (non-hydrogen) atoms. The molecular weight excluding hydrogens is 260 g/mol. The van der Waals surface area contributed by atoms with Gasteiger partial charge in [0.25, 0.3) is 0 Å². The molecule has 0 aromatic heterocycles. The SMILES string of the molecule is C=CCC(O)c1ccc(OC)c(O)c1Br. The Balaban J connectivity index is 3.11. The maximum atomic E-state index is 9.74. The van der Waals surface area contributed by atoms with Crippen LogP contribution in [0.4, 0.5) is 0 Å². The molecule has 0 aliphatic rings. The summed E-state index contributed by atoms with van der Waals surface area (Å²) in [5.41, 5.74) is 0.619. The number of halogens is 1. The standard InChI is InChI=1S/C11H13BrO3/c1-3-4-8(13)7-5-6-9(15-2)11(14)10(7)12/h3,5-6,8,13-14H,1,4H2,2H3. The minimum Gasteiger partial charge on any atom is -0.503 e. The van der Waals surface area contributed by atoms with Crippen LogP contribution in [0.15, 0.2) is 29.3 Å². The van der Waals surface area contributed by atoms with E-state index in [1.807, 2.05) is 0 Å². The number of ether oxygens (including phenoxy) is 1. The summed E-state index contributed by atoms with van der Waals surface area (Å²) in [7, 11) is 1.47. The van der Waals surface area contributed by atoms with Crippen LogP contribution in [0.5, 0.6) is 11.5 Å². The molecule has 0 radical (unpaired) electrons. The molecule has 1 rings (SSSR count). The van der Waals surface area contributed by atoms with E-state index in [-0.39, 0.29) is 5.75 Å². The van der Waals surface area contributed by atoms with Gasteiger partial charge < -0.3 is 14.9 Å². The van der Waals surface area contributed by atoms with E-state index in [9.17, 15) is 10.2 Å². The van der Waals surface area contributed by atoms with Crippen LogP contribution >= 0.6 is 15.9 Å². The molecule has 1 atom stereocenters. The fourth-order valence-corrected chi connectivity index (χ4v) is 1.86. The summed E-state index contributed by atoms with van der Waals surface area (Å²) in [5.74, 6) is 0.370. The van der Waals surface area contributed by atoms with Crippen molar-refractivity contribution in [3.63, 3.8) is 0 Å². The fraction of sp³-hybridized carbons (Fsp3) is 0.273. The second-order valence-electron chi connectivity index (χ2n) is 3.06. The van der Waals surface area contributed by atoms with Crippen LogP contribution < -0.4 is 4.74 Å². The first-order valence-electron chi connectivity index (χ1n) is 4.46. The van der Waals surface area contributed by atoms with E-state index >= 15 is 0 Å². The molecular formula is C11H13BrO3. The van der Waals surface area contributed by atoms with Gasteiger partial charge in [0.1, 0.15) is 0 Å². The highest BCUT2D eigenvalue weighted by Gasteiger charge is 2.15. The zero-order valence-corrected chi connectivity index (χ0v) is 9.99. The number of phenolic OH excluding ortho intramolecular Hbond substituents is 1. The quantitative estimate of drug-likeness (QED) is 0.829. The van der Waals surface area contributed by atoms with Gasteiger partial charge in [0.15, 0.2) is 11.5 Å². The first-order chi connectivity index (χ1) is 7.11. The number of hydrogen-bond acceptors (Lipinski definition) is 3. The first kappa shape index (κ1) is 12.1. The van der Waals surface area contributed by atoms with Crippen LogP contribution in [0.2, 0.25) is 0 Å². The van der Waals surface area contributed by atoms with E-state index in [4.69, 9.17) is 4.74 Å². The van der Waals surface area contributed by atoms with Gasteiger partial charge in [0.05, 0.1) is 17.7 Å². The predicted octanol–water partition coefficient (Wildman–Crippen LogP) is 2.77. The average molecular weight is 273 g/mol. The number of rotatable bonds is 4. The molecule has 3 nitrogen and oxygen atoms in total. The zero-order chi connectivity index (χ0) is 11.4. The summed E-state index contributed by atoms with van der Waals surface area (Å²) in [6.07, 6.45) is 1.39. The molecule has 0 heterocycles. The monoisotopic (exact) mass is 272 g/mol. The molecule has 1 aromatic carbocycles. The maximum Gasteiger partial charge on any atom is 0.172 e. The number of aromatic hydroxyl groups is 1. The van der Waals surface area contributed by atoms with E-state index in [0.717, 1.165) is 0 Å². The van der Waals surface area contributed by atoms with Gasteiger partial charge in [-0.1, -0.05) is 12.1 Å². The van der Waals surface area contributed by atoms with E-state index < -0.39 is 6.10 Å². The molecule has 0 saturated carbocycles. The third-order valence-corrected chi connectivity index (χ3v) is 2.91. The Bertz CT molecular complexity index is 363. The van der Waals surface area contributed by atoms with Gasteiger partial charge in [-0.05, 0) is 34.0 Å². The largest absolute Gasteiger partial charge is 0.503 e. The molecule has 2 N–H and O–H groups in total. The molecule has 0 fully saturated rings. The van der Waals surface area contributed by atoms with E-state index in [0.29, 0.717) is 22.2 Å². The normalized spacial score (nSPS) is 12.2. The summed E-state index contributed by atoms with van der Waals surface area (Å²) < 4.78 is 5.39. The average Bonchev–Trinajstić information content (AvgIpc) is 2.22. The van der Waals surface area contributed by atoms with Gasteiger partial charge in [0, 0.05) is 0 Å². The van der Waals surface area contributed by atoms with Crippen LogP contribution in [0.1, 0.15) is 18.1 Å². The van der Waals surface area contributed by atoms with Crippen LogP contribution in [0, 0.1) is 0 Å². The van der Waals surface area contributed by atoms with E-state index in [2.05, 4.69) is 22.5 Å². The lowest BCUT2D eigenvalue weighted by molar-refractivity contribution is 0.180. The molecule has 1 unspecified atom stereocenters. The van der Waals surface area contributed by atoms with Crippen molar-refractivity contribution >= 4 is 15.9 Å². The lowest BCUT2D eigenvalue weighted by atomic mass is 10.1. The van der Waals surface area contributed by atoms with Crippen molar-refractivity contribution in [3.05, 3.63) is 34.8 Å². The van der Waals surface area contributed by atoms with Crippen molar-refractivity contribution in [1.82, 2.24) is 0 Å². The van der Waals surface area contributed by atoms with Gasteiger partial charge in [-0.15, -0.1) is 6.58 Å². The zero-order valence-electron chi connectivity index (χ0n) is 8.40. The van der Waals surface area contributed by atoms with Crippen molar-refractivity contribution < 1.29 is 14.9 Å². The van der Waals surface area contributed by atoms with Crippen molar-refractivity contribution in [2.45, 2.75) is 12.5 Å². The fourth-order valence-electron chi connectivity index (χ4n) is 1.27. The number of aliphatic hydroxyl groups is 1. The lowest BCUT2D eigenvalue weighted by Gasteiger charge is -2.13. The minimum absolute atomic E-state index is 0.00175. The summed E-state index contributed by atoms with van der Waals surface area (Å²) in [6, 6.07) is 3.32. The Kier molecular flexibility index (Phi) is 4.17. The minimum atomic E-state index is -0.673. The summed E-state index contributed by atoms with van der Waals surface area (Å²) in [4.78, 5) is 0. The second-order valence-corrected chi connectivity index (χ2v) is 3.85. The smallest absolute Gasteiger partial charge is 0.172 e. The molecule has 0 saturated heterocycles. The van der Waals surface area contributed by atoms with Gasteiger partial charge in [-0.2, -0.15) is 0 Å². The van der Waals surface area contributed by atoms with Crippen LogP contribution in [0.3, 0.4) is 0 Å². The first-order valence-corrected chi connectivity index (χ1v) is 5.25. The molecule has 0 aliphatic carbocycles. The molecule has 82 valence electrons. The van der Waals surface area contributed by atoms with Crippen molar-refractivity contribution in [3.8, 4) is 11.5 Å². The molecule has 0 amide bonds. The highest BCUT2D eigenvalue weighted by atomic mass is 79.9. The summed E-state index contributed by atoms with van der Waals surface area (Å²) in [6.45, 7) is 3.55. The van der Waals surface area contributed by atoms with Crippen molar-refractivity contribution in [2.75, 3.05) is 7.11 Å². The van der Waals surface area contributed by atoms with E-state index in [1.54, 1.807) is 18.2 Å². The van der Waals surface area contributed by atoms with Gasteiger partial charge >= 0.3 is 0 Å². The third kappa shape index (κ3) is 2.52. The van der Waals surface area contributed by atoms with Crippen molar-refractivity contribution in [1.29, 1.82) is 0 Å². The molecule has 0 aliphatic heterocycles. The van der Waals surface area contributed by atoms with Crippen LogP contribution in [-0.4, -0.2) is 17.3 Å². The third-order valence-electron chi connectivity index (χ3n) is 2.08. The Labute approximate surface area is 97.1 Å². The topological polar surface area (TPSA) is 49.7 Å². The Morgan fingerprint density at radius 3 is 2.80 bits per heavy atom. The van der Waals surface area contributed by atoms with E-state index in [1.165, 1.54) is 7.11 Å². The van der Waals surface area contributed by atoms with Crippen LogP contribution in [0.25, 0.3) is 0 Å². The highest BCUT2D eigenvalue weighted by molar-refractivity contribution is 9.10. The molecule has 0 bridgehead atoms. The summed E-state index contributed by atoms with van der Waals surface area (Å²) >= 11 is 3.22. The number of benzene rings is 1. The van der Waals surface area contributed by atoms with Gasteiger partial charge in [0.2, 0.25) is 0 Å². The highest BCUT2D eigenvalue weighted by Crippen LogP contribution is 2.39. The number of hydrogen-bond donors (Lipinski definition) is 2. The Hall–Kier alpha value is -1.00. The molecule has 0 spiro atoms. The Morgan fingerprint density at radius 1 is 1.60 bits per heavy atom. The lowest BCUT2D eigenvalue weighted by Crippen LogP contribution is -1.98. The Morgan fingerprint density at radius 2 is 2.27 bits per heavy atom. The summed E-state index contributed by atoms with van der Waals surface area (Å²) in [5, 5.41) is 19.4. The molecule has 4 heteroatoms. The predicted molar refractivity (Wildman–Crippen MR) is 62.1 cm³/mol.